The molecule has 0 radical (unpaired) electrons. The van der Waals surface area contributed by atoms with E-state index in [0.717, 1.165) is 11.1 Å². The van der Waals surface area contributed by atoms with Crippen LogP contribution in [0, 0.1) is 0 Å². The van der Waals surface area contributed by atoms with E-state index in [9.17, 15) is 9.59 Å². The Morgan fingerprint density at radius 3 is 2.20 bits per heavy atom. The normalized spacial score (nSPS) is 10.6. The molecule has 0 atom stereocenters. The monoisotopic (exact) mass is 337 g/mol. The fourth-order valence-corrected chi connectivity index (χ4v) is 2.40. The van der Waals surface area contributed by atoms with Gasteiger partial charge in [-0.05, 0) is 23.8 Å². The third-order valence-corrected chi connectivity index (χ3v) is 3.75. The summed E-state index contributed by atoms with van der Waals surface area (Å²) in [5.41, 5.74) is 19.3. The van der Waals surface area contributed by atoms with E-state index < -0.39 is 11.5 Å². The minimum Gasteiger partial charge on any atom is -0.478 e. The second-order valence-corrected chi connectivity index (χ2v) is 5.40. The molecule has 1 heterocycles. The lowest BCUT2D eigenvalue weighted by atomic mass is 10.00. The standard InChI is InChI=1S/C17H15N5O3/c18-12-7-10(15-21-14(20)13(19)16(23)22-15)5-6-11(12)8-1-3-9(4-2-8)17(24)25/h1-7H,18-19H2,(H,24,25)(H3,20,21,22,23). The Bertz CT molecular complexity index is 1030. The highest BCUT2D eigenvalue weighted by Crippen LogP contribution is 2.30. The molecule has 0 aliphatic heterocycles. The van der Waals surface area contributed by atoms with Gasteiger partial charge < -0.3 is 27.3 Å². The van der Waals surface area contributed by atoms with Crippen LogP contribution >= 0.6 is 0 Å². The van der Waals surface area contributed by atoms with Gasteiger partial charge in [-0.3, -0.25) is 4.79 Å². The van der Waals surface area contributed by atoms with Gasteiger partial charge in [0.1, 0.15) is 11.5 Å². The molecular weight excluding hydrogens is 322 g/mol. The fraction of sp³-hybridized carbons (Fsp3) is 0. The average molecular weight is 337 g/mol. The Kier molecular flexibility index (Phi) is 3.86. The van der Waals surface area contributed by atoms with Crippen molar-refractivity contribution in [2.45, 2.75) is 0 Å². The van der Waals surface area contributed by atoms with Gasteiger partial charge in [0.15, 0.2) is 5.82 Å². The maximum absolute atomic E-state index is 11.7. The molecule has 0 spiro atoms. The third-order valence-electron chi connectivity index (χ3n) is 3.75. The van der Waals surface area contributed by atoms with Gasteiger partial charge in [0.05, 0.1) is 5.56 Å². The second kappa shape index (κ2) is 6.00. The number of nitrogens with zero attached hydrogens (tertiary/aromatic N) is 1. The van der Waals surface area contributed by atoms with Crippen molar-refractivity contribution in [2.75, 3.05) is 17.2 Å². The zero-order valence-corrected chi connectivity index (χ0v) is 13.0. The maximum Gasteiger partial charge on any atom is 0.335 e. The predicted molar refractivity (Wildman–Crippen MR) is 95.9 cm³/mol. The number of aromatic nitrogens is 2. The van der Waals surface area contributed by atoms with E-state index in [2.05, 4.69) is 9.97 Å². The van der Waals surface area contributed by atoms with E-state index in [1.165, 1.54) is 12.1 Å². The zero-order chi connectivity index (χ0) is 18.1. The van der Waals surface area contributed by atoms with Crippen LogP contribution in [-0.4, -0.2) is 21.0 Å². The summed E-state index contributed by atoms with van der Waals surface area (Å²) in [7, 11) is 0. The van der Waals surface area contributed by atoms with Gasteiger partial charge in [0, 0.05) is 16.8 Å². The Labute approximate surface area is 141 Å². The zero-order valence-electron chi connectivity index (χ0n) is 13.0. The van der Waals surface area contributed by atoms with Crippen LogP contribution < -0.4 is 22.8 Å². The highest BCUT2D eigenvalue weighted by atomic mass is 16.4. The molecule has 0 aliphatic carbocycles. The lowest BCUT2D eigenvalue weighted by Gasteiger charge is -2.09. The first-order valence-corrected chi connectivity index (χ1v) is 7.25. The van der Waals surface area contributed by atoms with Crippen LogP contribution in [0.3, 0.4) is 0 Å². The number of carbonyl (C=O) groups is 1. The van der Waals surface area contributed by atoms with E-state index in [-0.39, 0.29) is 22.9 Å². The van der Waals surface area contributed by atoms with E-state index in [1.54, 1.807) is 30.3 Å². The van der Waals surface area contributed by atoms with Crippen LogP contribution in [0.25, 0.3) is 22.5 Å². The number of aromatic amines is 1. The maximum atomic E-state index is 11.7. The summed E-state index contributed by atoms with van der Waals surface area (Å²) in [5.74, 6) is -0.785. The first-order chi connectivity index (χ1) is 11.9. The minimum absolute atomic E-state index is 0.0503. The Hall–Kier alpha value is -3.81. The number of hydrogen-bond donors (Lipinski definition) is 5. The molecule has 3 aromatic rings. The molecule has 8 heteroatoms. The van der Waals surface area contributed by atoms with Gasteiger partial charge in [0.2, 0.25) is 0 Å². The van der Waals surface area contributed by atoms with Crippen molar-refractivity contribution in [3.8, 4) is 22.5 Å². The van der Waals surface area contributed by atoms with Crippen molar-refractivity contribution >= 4 is 23.2 Å². The molecule has 8 N–H and O–H groups in total. The fourth-order valence-electron chi connectivity index (χ4n) is 2.40. The summed E-state index contributed by atoms with van der Waals surface area (Å²) in [4.78, 5) is 29.2. The van der Waals surface area contributed by atoms with Gasteiger partial charge in [-0.25, -0.2) is 9.78 Å². The number of anilines is 3. The second-order valence-electron chi connectivity index (χ2n) is 5.40. The summed E-state index contributed by atoms with van der Waals surface area (Å²) < 4.78 is 0. The van der Waals surface area contributed by atoms with Crippen molar-refractivity contribution in [1.82, 2.24) is 9.97 Å². The lowest BCUT2D eigenvalue weighted by molar-refractivity contribution is 0.0697. The predicted octanol–water partition coefficient (Wildman–Crippen LogP) is 1.55. The van der Waals surface area contributed by atoms with Crippen molar-refractivity contribution in [3.63, 3.8) is 0 Å². The summed E-state index contributed by atoms with van der Waals surface area (Å²) in [6.07, 6.45) is 0. The molecule has 25 heavy (non-hydrogen) atoms. The number of rotatable bonds is 3. The summed E-state index contributed by atoms with van der Waals surface area (Å²) in [6.45, 7) is 0. The number of H-pyrrole nitrogens is 1. The van der Waals surface area contributed by atoms with Crippen molar-refractivity contribution < 1.29 is 9.90 Å². The Morgan fingerprint density at radius 1 is 1.00 bits per heavy atom. The largest absolute Gasteiger partial charge is 0.478 e. The van der Waals surface area contributed by atoms with E-state index in [0.29, 0.717) is 11.3 Å². The first-order valence-electron chi connectivity index (χ1n) is 7.25. The topological polar surface area (TPSA) is 161 Å². The molecule has 1 aromatic heterocycles. The number of benzene rings is 2. The van der Waals surface area contributed by atoms with Crippen LogP contribution in [0.15, 0.2) is 47.3 Å². The molecule has 2 aromatic carbocycles. The third kappa shape index (κ3) is 3.00. The number of aromatic carboxylic acids is 1. The Balaban J connectivity index is 2.01. The molecule has 3 rings (SSSR count). The van der Waals surface area contributed by atoms with Gasteiger partial charge in [-0.1, -0.05) is 24.3 Å². The van der Waals surface area contributed by atoms with Crippen molar-refractivity contribution in [2.24, 2.45) is 0 Å². The van der Waals surface area contributed by atoms with Crippen LogP contribution in [-0.2, 0) is 0 Å². The lowest BCUT2D eigenvalue weighted by Crippen LogP contribution is -2.17. The van der Waals surface area contributed by atoms with E-state index >= 15 is 0 Å². The SMILES string of the molecule is Nc1cc(-c2nc(N)c(N)c(=O)[nH]2)ccc1-c1ccc(C(=O)O)cc1. The first kappa shape index (κ1) is 16.1. The molecule has 0 fully saturated rings. The minimum atomic E-state index is -0.995. The highest BCUT2D eigenvalue weighted by molar-refractivity contribution is 5.89. The number of hydrogen-bond acceptors (Lipinski definition) is 6. The van der Waals surface area contributed by atoms with Crippen LogP contribution in [0.2, 0.25) is 0 Å². The van der Waals surface area contributed by atoms with Crippen LogP contribution in [0.5, 0.6) is 0 Å². The summed E-state index contributed by atoms with van der Waals surface area (Å²) in [6, 6.07) is 11.5. The molecule has 0 aliphatic rings. The molecule has 0 saturated heterocycles. The van der Waals surface area contributed by atoms with Gasteiger partial charge in [0.25, 0.3) is 5.56 Å². The Morgan fingerprint density at radius 2 is 1.64 bits per heavy atom. The molecule has 0 unspecified atom stereocenters. The van der Waals surface area contributed by atoms with Gasteiger partial charge in [-0.15, -0.1) is 0 Å². The smallest absolute Gasteiger partial charge is 0.335 e. The van der Waals surface area contributed by atoms with Crippen molar-refractivity contribution in [1.29, 1.82) is 0 Å². The van der Waals surface area contributed by atoms with Crippen molar-refractivity contribution in [3.05, 3.63) is 58.4 Å². The highest BCUT2D eigenvalue weighted by Gasteiger charge is 2.10. The van der Waals surface area contributed by atoms with Gasteiger partial charge >= 0.3 is 5.97 Å². The van der Waals surface area contributed by atoms with E-state index in [1.807, 2.05) is 0 Å². The van der Waals surface area contributed by atoms with E-state index in [4.69, 9.17) is 22.3 Å². The number of carboxylic acids is 1. The molecule has 8 nitrogen and oxygen atoms in total. The van der Waals surface area contributed by atoms with Crippen LogP contribution in [0.1, 0.15) is 10.4 Å². The molecular formula is C17H15N5O3. The molecule has 0 amide bonds. The molecule has 0 bridgehead atoms. The molecule has 126 valence electrons. The quantitative estimate of drug-likeness (QED) is 0.453. The average Bonchev–Trinajstić information content (AvgIpc) is 2.59. The summed E-state index contributed by atoms with van der Waals surface area (Å²) in [5, 5.41) is 8.95. The number of nitrogen functional groups attached to an aromatic ring is 3. The molecule has 0 saturated carbocycles. The number of nitrogens with two attached hydrogens (primary N) is 3. The summed E-state index contributed by atoms with van der Waals surface area (Å²) >= 11 is 0. The number of nitrogens with one attached hydrogen (secondary N) is 1. The number of carboxylic acid groups (broad SMARTS) is 1. The van der Waals surface area contributed by atoms with Crippen LogP contribution in [0.4, 0.5) is 17.2 Å². The van der Waals surface area contributed by atoms with Gasteiger partial charge in [-0.2, -0.15) is 0 Å².